The fourth-order valence-electron chi connectivity index (χ4n) is 5.56. The molecule has 0 aliphatic carbocycles. The standard InChI is InChI=1S/C35H61N5O2/c1-2-3-4-5-6-7-8-9-10-11-12-13-14-15-16-19-25-37-27-23-34(41)40-33(35(42)38-26-20-24-36)28-30-29-39-32-22-18-17-21-31(30)32/h17-18,21-22,29,33,37,39H,2-16,19-20,23-28,36H2,1H3,(H,38,42)(H,40,41). The van der Waals surface area contributed by atoms with Crippen LogP contribution in [0.25, 0.3) is 10.9 Å². The average molecular weight is 584 g/mol. The summed E-state index contributed by atoms with van der Waals surface area (Å²) in [6.07, 6.45) is 25.3. The van der Waals surface area contributed by atoms with Gasteiger partial charge in [0.05, 0.1) is 0 Å². The summed E-state index contributed by atoms with van der Waals surface area (Å²) >= 11 is 0. The highest BCUT2D eigenvalue weighted by molar-refractivity contribution is 5.89. The van der Waals surface area contributed by atoms with Crippen molar-refractivity contribution in [3.8, 4) is 0 Å². The molecule has 1 aromatic heterocycles. The Morgan fingerprint density at radius 1 is 0.762 bits per heavy atom. The Hall–Kier alpha value is -2.38. The minimum atomic E-state index is -0.616. The number of amides is 2. The lowest BCUT2D eigenvalue weighted by Gasteiger charge is -2.18. The van der Waals surface area contributed by atoms with E-state index in [9.17, 15) is 9.59 Å². The zero-order valence-electron chi connectivity index (χ0n) is 26.6. The summed E-state index contributed by atoms with van der Waals surface area (Å²) < 4.78 is 0. The highest BCUT2D eigenvalue weighted by Gasteiger charge is 2.22. The molecule has 2 aromatic rings. The van der Waals surface area contributed by atoms with Gasteiger partial charge in [0.1, 0.15) is 6.04 Å². The first-order chi connectivity index (χ1) is 20.7. The molecule has 7 nitrogen and oxygen atoms in total. The van der Waals surface area contributed by atoms with Crippen LogP contribution >= 0.6 is 0 Å². The highest BCUT2D eigenvalue weighted by Crippen LogP contribution is 2.19. The van der Waals surface area contributed by atoms with E-state index < -0.39 is 6.04 Å². The van der Waals surface area contributed by atoms with Crippen LogP contribution in [0.15, 0.2) is 30.5 Å². The molecule has 6 N–H and O–H groups in total. The fourth-order valence-corrected chi connectivity index (χ4v) is 5.56. The van der Waals surface area contributed by atoms with Gasteiger partial charge in [-0.15, -0.1) is 0 Å². The molecule has 1 aromatic carbocycles. The number of H-pyrrole nitrogens is 1. The third-order valence-electron chi connectivity index (χ3n) is 8.17. The van der Waals surface area contributed by atoms with E-state index in [1.54, 1.807) is 0 Å². The van der Waals surface area contributed by atoms with Crippen LogP contribution in [0.3, 0.4) is 0 Å². The molecule has 1 atom stereocenters. The molecule has 0 saturated heterocycles. The Morgan fingerprint density at radius 2 is 1.36 bits per heavy atom. The lowest BCUT2D eigenvalue weighted by Crippen LogP contribution is -2.48. The van der Waals surface area contributed by atoms with Crippen LogP contribution in [-0.2, 0) is 16.0 Å². The van der Waals surface area contributed by atoms with Crippen molar-refractivity contribution in [2.75, 3.05) is 26.2 Å². The molecule has 0 saturated carbocycles. The van der Waals surface area contributed by atoms with Gasteiger partial charge in [-0.3, -0.25) is 9.59 Å². The maximum atomic E-state index is 12.9. The van der Waals surface area contributed by atoms with Gasteiger partial charge in [0.2, 0.25) is 11.8 Å². The number of carbonyl (C=O) groups excluding carboxylic acids is 2. The molecule has 2 amide bonds. The van der Waals surface area contributed by atoms with Crippen LogP contribution in [0.2, 0.25) is 0 Å². The topological polar surface area (TPSA) is 112 Å². The minimum Gasteiger partial charge on any atom is -0.361 e. The predicted octanol–water partition coefficient (Wildman–Crippen LogP) is 6.90. The van der Waals surface area contributed by atoms with Crippen molar-refractivity contribution in [2.24, 2.45) is 5.73 Å². The SMILES string of the molecule is CCCCCCCCCCCCCCCCCCNCCC(=O)NC(Cc1c[nH]c2ccccc12)C(=O)NCCCN. The van der Waals surface area contributed by atoms with Gasteiger partial charge in [-0.2, -0.15) is 0 Å². The second kappa shape index (κ2) is 24.1. The Kier molecular flexibility index (Phi) is 20.6. The Morgan fingerprint density at radius 3 is 1.98 bits per heavy atom. The summed E-state index contributed by atoms with van der Waals surface area (Å²) in [5.74, 6) is -0.267. The summed E-state index contributed by atoms with van der Waals surface area (Å²) in [5.41, 5.74) is 7.62. The highest BCUT2D eigenvalue weighted by atomic mass is 16.2. The molecule has 0 radical (unpaired) electrons. The number of nitrogens with one attached hydrogen (secondary N) is 4. The maximum absolute atomic E-state index is 12.9. The van der Waals surface area contributed by atoms with E-state index in [2.05, 4.69) is 27.9 Å². The van der Waals surface area contributed by atoms with Gasteiger partial charge >= 0.3 is 0 Å². The summed E-state index contributed by atoms with van der Waals surface area (Å²) in [4.78, 5) is 28.8. The quantitative estimate of drug-likeness (QED) is 0.0736. The van der Waals surface area contributed by atoms with E-state index in [1.165, 1.54) is 96.3 Å². The predicted molar refractivity (Wildman–Crippen MR) is 178 cm³/mol. The Balaban J connectivity index is 1.50. The number of carbonyl (C=O) groups is 2. The van der Waals surface area contributed by atoms with Crippen molar-refractivity contribution >= 4 is 22.7 Å². The number of aromatic amines is 1. The molecule has 0 spiro atoms. The van der Waals surface area contributed by atoms with Gasteiger partial charge in [-0.1, -0.05) is 121 Å². The van der Waals surface area contributed by atoms with Crippen LogP contribution in [0.1, 0.15) is 128 Å². The number of rotatable bonds is 27. The Labute approximate surface area is 255 Å². The van der Waals surface area contributed by atoms with Gasteiger partial charge in [-0.05, 0) is 37.6 Å². The number of unbranched alkanes of at least 4 members (excludes halogenated alkanes) is 15. The molecule has 2 rings (SSSR count). The maximum Gasteiger partial charge on any atom is 0.242 e. The molecule has 7 heteroatoms. The lowest BCUT2D eigenvalue weighted by molar-refractivity contribution is -0.128. The van der Waals surface area contributed by atoms with E-state index in [-0.39, 0.29) is 11.8 Å². The van der Waals surface area contributed by atoms with Crippen molar-refractivity contribution in [3.05, 3.63) is 36.0 Å². The molecular formula is C35H61N5O2. The van der Waals surface area contributed by atoms with Crippen molar-refractivity contribution in [2.45, 2.75) is 135 Å². The van der Waals surface area contributed by atoms with Crippen LogP contribution < -0.4 is 21.7 Å². The second-order valence-corrected chi connectivity index (χ2v) is 11.9. The summed E-state index contributed by atoms with van der Waals surface area (Å²) in [7, 11) is 0. The minimum absolute atomic E-state index is 0.103. The number of para-hydroxylation sites is 1. The number of nitrogens with two attached hydrogens (primary N) is 1. The molecule has 1 heterocycles. The van der Waals surface area contributed by atoms with Crippen LogP contribution in [0.5, 0.6) is 0 Å². The van der Waals surface area contributed by atoms with Crippen LogP contribution in [0.4, 0.5) is 0 Å². The van der Waals surface area contributed by atoms with Gasteiger partial charge in [0.15, 0.2) is 0 Å². The van der Waals surface area contributed by atoms with E-state index >= 15 is 0 Å². The van der Waals surface area contributed by atoms with Gasteiger partial charge in [0.25, 0.3) is 0 Å². The second-order valence-electron chi connectivity index (χ2n) is 11.9. The lowest BCUT2D eigenvalue weighted by atomic mass is 10.0. The fraction of sp³-hybridized carbons (Fsp3) is 0.714. The molecular weight excluding hydrogens is 522 g/mol. The van der Waals surface area contributed by atoms with Crippen molar-refractivity contribution in [1.82, 2.24) is 20.9 Å². The van der Waals surface area contributed by atoms with Gasteiger partial charge in [-0.25, -0.2) is 0 Å². The molecule has 0 aliphatic rings. The van der Waals surface area contributed by atoms with E-state index in [1.807, 2.05) is 30.5 Å². The third kappa shape index (κ3) is 16.3. The van der Waals surface area contributed by atoms with Crippen LogP contribution in [0, 0.1) is 0 Å². The van der Waals surface area contributed by atoms with E-state index in [0.717, 1.165) is 29.4 Å². The van der Waals surface area contributed by atoms with Crippen molar-refractivity contribution in [3.63, 3.8) is 0 Å². The van der Waals surface area contributed by atoms with Crippen LogP contribution in [-0.4, -0.2) is 49.0 Å². The molecule has 1 unspecified atom stereocenters. The smallest absolute Gasteiger partial charge is 0.242 e. The number of hydrogen-bond donors (Lipinski definition) is 5. The molecule has 0 fully saturated rings. The first kappa shape index (κ1) is 35.8. The number of aromatic nitrogens is 1. The molecule has 42 heavy (non-hydrogen) atoms. The summed E-state index contributed by atoms with van der Waals surface area (Å²) in [6.45, 7) is 4.87. The number of benzene rings is 1. The zero-order chi connectivity index (χ0) is 30.1. The number of fused-ring (bicyclic) bond motifs is 1. The van der Waals surface area contributed by atoms with Gasteiger partial charge in [0, 0.05) is 43.0 Å². The largest absolute Gasteiger partial charge is 0.361 e. The summed E-state index contributed by atoms with van der Waals surface area (Å²) in [6, 6.07) is 7.40. The van der Waals surface area contributed by atoms with E-state index in [4.69, 9.17) is 5.73 Å². The van der Waals surface area contributed by atoms with Crippen molar-refractivity contribution < 1.29 is 9.59 Å². The van der Waals surface area contributed by atoms with E-state index in [0.29, 0.717) is 38.9 Å². The first-order valence-electron chi connectivity index (χ1n) is 17.2. The zero-order valence-corrected chi connectivity index (χ0v) is 26.6. The monoisotopic (exact) mass is 583 g/mol. The summed E-state index contributed by atoms with van der Waals surface area (Å²) in [5, 5.41) is 10.4. The molecule has 238 valence electrons. The van der Waals surface area contributed by atoms with Crippen molar-refractivity contribution in [1.29, 1.82) is 0 Å². The molecule has 0 aliphatic heterocycles. The normalized spacial score (nSPS) is 12.0. The average Bonchev–Trinajstić information content (AvgIpc) is 3.40. The van der Waals surface area contributed by atoms with Gasteiger partial charge < -0.3 is 26.7 Å². The number of hydrogen-bond acceptors (Lipinski definition) is 4. The first-order valence-corrected chi connectivity index (χ1v) is 17.2. The Bertz CT molecular complexity index is 960. The molecule has 0 bridgehead atoms. The third-order valence-corrected chi connectivity index (χ3v) is 8.17.